The van der Waals surface area contributed by atoms with Crippen molar-refractivity contribution in [3.05, 3.63) is 35.1 Å². The molecule has 0 aromatic heterocycles. The average molecular weight is 377 g/mol. The SMILES string of the molecule is Cc1ccc(F)cc1[C@@H](CCC(F)(F)F)N1CCNCC1.Cl.Cl. The molecule has 8 heteroatoms. The molecule has 0 spiro atoms. The van der Waals surface area contributed by atoms with E-state index in [0.717, 1.165) is 18.7 Å². The second-order valence-electron chi connectivity index (χ2n) is 5.46. The first kappa shape index (κ1) is 22.4. The Balaban J connectivity index is 0.00000242. The standard InChI is InChI=1S/C15H20F4N2.2ClH/c1-11-2-3-12(16)10-13(11)14(4-5-15(17,18)19)21-8-6-20-7-9-21;;/h2-3,10,14,20H,4-9H2,1H3;2*1H/t14-;;/m1../s1. The van der Waals surface area contributed by atoms with Gasteiger partial charge in [0.2, 0.25) is 0 Å². The van der Waals surface area contributed by atoms with E-state index in [1.54, 1.807) is 6.07 Å². The molecule has 1 aromatic carbocycles. The molecule has 1 fully saturated rings. The molecule has 1 heterocycles. The van der Waals surface area contributed by atoms with Crippen molar-refractivity contribution in [3.63, 3.8) is 0 Å². The van der Waals surface area contributed by atoms with E-state index in [0.29, 0.717) is 18.7 Å². The van der Waals surface area contributed by atoms with E-state index in [-0.39, 0.29) is 37.3 Å². The van der Waals surface area contributed by atoms with Gasteiger partial charge in [0, 0.05) is 38.6 Å². The van der Waals surface area contributed by atoms with Gasteiger partial charge in [-0.1, -0.05) is 6.07 Å². The molecule has 0 saturated carbocycles. The van der Waals surface area contributed by atoms with Crippen molar-refractivity contribution in [1.82, 2.24) is 10.2 Å². The molecule has 2 nitrogen and oxygen atoms in total. The van der Waals surface area contributed by atoms with Crippen LogP contribution in [0.15, 0.2) is 18.2 Å². The highest BCUT2D eigenvalue weighted by atomic mass is 35.5. The van der Waals surface area contributed by atoms with E-state index in [2.05, 4.69) is 5.32 Å². The zero-order valence-electron chi connectivity index (χ0n) is 12.8. The lowest BCUT2D eigenvalue weighted by molar-refractivity contribution is -0.138. The van der Waals surface area contributed by atoms with Gasteiger partial charge < -0.3 is 5.32 Å². The van der Waals surface area contributed by atoms with E-state index in [4.69, 9.17) is 0 Å². The minimum Gasteiger partial charge on any atom is -0.314 e. The van der Waals surface area contributed by atoms with Gasteiger partial charge in [-0.15, -0.1) is 24.8 Å². The zero-order valence-corrected chi connectivity index (χ0v) is 14.5. The van der Waals surface area contributed by atoms with Crippen molar-refractivity contribution < 1.29 is 17.6 Å². The van der Waals surface area contributed by atoms with Crippen molar-refractivity contribution >= 4 is 24.8 Å². The molecular weight excluding hydrogens is 355 g/mol. The Kier molecular flexibility index (Phi) is 9.43. The van der Waals surface area contributed by atoms with E-state index >= 15 is 0 Å². The van der Waals surface area contributed by atoms with Gasteiger partial charge in [0.1, 0.15) is 5.82 Å². The molecule has 1 N–H and O–H groups in total. The molecule has 1 saturated heterocycles. The van der Waals surface area contributed by atoms with Crippen LogP contribution in [-0.2, 0) is 0 Å². The molecule has 1 aliphatic rings. The van der Waals surface area contributed by atoms with Gasteiger partial charge in [0.05, 0.1) is 0 Å². The summed E-state index contributed by atoms with van der Waals surface area (Å²) in [4.78, 5) is 2.02. The van der Waals surface area contributed by atoms with Crippen molar-refractivity contribution in [2.75, 3.05) is 26.2 Å². The van der Waals surface area contributed by atoms with Gasteiger partial charge >= 0.3 is 6.18 Å². The second-order valence-corrected chi connectivity index (χ2v) is 5.46. The van der Waals surface area contributed by atoms with E-state index in [1.807, 2.05) is 11.8 Å². The number of piperazine rings is 1. The number of benzene rings is 1. The average Bonchev–Trinajstić information content (AvgIpc) is 2.43. The summed E-state index contributed by atoms with van der Waals surface area (Å²) in [5.41, 5.74) is 1.50. The summed E-state index contributed by atoms with van der Waals surface area (Å²) in [6, 6.07) is 3.97. The first-order chi connectivity index (χ1) is 9.87. The molecule has 0 unspecified atom stereocenters. The predicted octanol–water partition coefficient (Wildman–Crippen LogP) is 4.27. The molecular formula is C15H22Cl2F4N2. The number of alkyl halides is 3. The smallest absolute Gasteiger partial charge is 0.314 e. The number of nitrogens with zero attached hydrogens (tertiary/aromatic N) is 1. The lowest BCUT2D eigenvalue weighted by atomic mass is 9.95. The minimum absolute atomic E-state index is 0. The molecule has 0 amide bonds. The van der Waals surface area contributed by atoms with Gasteiger partial charge in [-0.2, -0.15) is 13.2 Å². The third-order valence-corrected chi connectivity index (χ3v) is 3.89. The van der Waals surface area contributed by atoms with Crippen molar-refractivity contribution in [1.29, 1.82) is 0 Å². The fourth-order valence-electron chi connectivity index (χ4n) is 2.80. The lowest BCUT2D eigenvalue weighted by Gasteiger charge is -2.36. The highest BCUT2D eigenvalue weighted by Crippen LogP contribution is 2.33. The first-order valence-corrected chi connectivity index (χ1v) is 7.14. The molecule has 0 aliphatic carbocycles. The number of hydrogen-bond donors (Lipinski definition) is 1. The highest BCUT2D eigenvalue weighted by molar-refractivity contribution is 5.85. The third kappa shape index (κ3) is 6.83. The summed E-state index contributed by atoms with van der Waals surface area (Å²) < 4.78 is 51.2. The predicted molar refractivity (Wildman–Crippen MR) is 88.1 cm³/mol. The molecule has 2 rings (SSSR count). The van der Waals surface area contributed by atoms with E-state index < -0.39 is 18.4 Å². The monoisotopic (exact) mass is 376 g/mol. The van der Waals surface area contributed by atoms with Crippen LogP contribution in [0.5, 0.6) is 0 Å². The molecule has 1 aliphatic heterocycles. The van der Waals surface area contributed by atoms with Crippen LogP contribution >= 0.6 is 24.8 Å². The maximum absolute atomic E-state index is 13.5. The normalized spacial score (nSPS) is 17.1. The molecule has 0 radical (unpaired) electrons. The van der Waals surface area contributed by atoms with Crippen LogP contribution in [0.25, 0.3) is 0 Å². The van der Waals surface area contributed by atoms with Gasteiger partial charge in [0.25, 0.3) is 0 Å². The summed E-state index contributed by atoms with van der Waals surface area (Å²) >= 11 is 0. The summed E-state index contributed by atoms with van der Waals surface area (Å²) in [5.74, 6) is -0.400. The Morgan fingerprint density at radius 2 is 1.78 bits per heavy atom. The first-order valence-electron chi connectivity index (χ1n) is 7.14. The number of halogens is 6. The van der Waals surface area contributed by atoms with Crippen LogP contribution in [-0.4, -0.2) is 37.3 Å². The van der Waals surface area contributed by atoms with Crippen LogP contribution in [0.1, 0.15) is 30.0 Å². The topological polar surface area (TPSA) is 15.3 Å². The lowest BCUT2D eigenvalue weighted by Crippen LogP contribution is -2.45. The van der Waals surface area contributed by atoms with Gasteiger partial charge in [-0.25, -0.2) is 4.39 Å². The maximum Gasteiger partial charge on any atom is 0.389 e. The maximum atomic E-state index is 13.5. The number of nitrogens with one attached hydrogen (secondary N) is 1. The highest BCUT2D eigenvalue weighted by Gasteiger charge is 2.31. The second kappa shape index (κ2) is 9.67. The minimum atomic E-state index is -4.19. The largest absolute Gasteiger partial charge is 0.389 e. The third-order valence-electron chi connectivity index (χ3n) is 3.89. The van der Waals surface area contributed by atoms with Crippen molar-refractivity contribution in [2.24, 2.45) is 0 Å². The summed E-state index contributed by atoms with van der Waals surface area (Å²) in [5, 5.41) is 3.18. The number of aryl methyl sites for hydroxylation is 1. The Hall–Kier alpha value is -0.560. The summed E-state index contributed by atoms with van der Waals surface area (Å²) in [6.07, 6.45) is -5.07. The number of rotatable bonds is 4. The van der Waals surface area contributed by atoms with E-state index in [9.17, 15) is 17.6 Å². The Bertz CT molecular complexity index is 477. The van der Waals surface area contributed by atoms with Gasteiger partial charge in [-0.05, 0) is 36.6 Å². The van der Waals surface area contributed by atoms with Crippen LogP contribution < -0.4 is 5.32 Å². The van der Waals surface area contributed by atoms with E-state index in [1.165, 1.54) is 12.1 Å². The van der Waals surface area contributed by atoms with Crippen LogP contribution in [0.2, 0.25) is 0 Å². The molecule has 23 heavy (non-hydrogen) atoms. The summed E-state index contributed by atoms with van der Waals surface area (Å²) in [7, 11) is 0. The van der Waals surface area contributed by atoms with Crippen LogP contribution in [0, 0.1) is 12.7 Å². The van der Waals surface area contributed by atoms with Crippen molar-refractivity contribution in [2.45, 2.75) is 32.0 Å². The molecule has 134 valence electrons. The molecule has 1 aromatic rings. The van der Waals surface area contributed by atoms with Gasteiger partial charge in [-0.3, -0.25) is 4.90 Å². The number of hydrogen-bond acceptors (Lipinski definition) is 2. The fraction of sp³-hybridized carbons (Fsp3) is 0.600. The molecule has 1 atom stereocenters. The Morgan fingerprint density at radius 3 is 2.35 bits per heavy atom. The Labute approximate surface area is 146 Å². The van der Waals surface area contributed by atoms with Crippen LogP contribution in [0.3, 0.4) is 0 Å². The molecule has 0 bridgehead atoms. The van der Waals surface area contributed by atoms with Gasteiger partial charge in [0.15, 0.2) is 0 Å². The zero-order chi connectivity index (χ0) is 15.5. The van der Waals surface area contributed by atoms with Crippen LogP contribution in [0.4, 0.5) is 17.6 Å². The fourth-order valence-corrected chi connectivity index (χ4v) is 2.80. The summed E-state index contributed by atoms with van der Waals surface area (Å²) in [6.45, 7) is 4.67. The quantitative estimate of drug-likeness (QED) is 0.789. The Morgan fingerprint density at radius 1 is 1.17 bits per heavy atom. The van der Waals surface area contributed by atoms with Crippen molar-refractivity contribution in [3.8, 4) is 0 Å².